The van der Waals surface area contributed by atoms with Crippen LogP contribution in [-0.2, 0) is 7.05 Å². The molecule has 190 valence electrons. The van der Waals surface area contributed by atoms with Gasteiger partial charge in [-0.15, -0.1) is 0 Å². The molecule has 35 heavy (non-hydrogen) atoms. The van der Waals surface area contributed by atoms with Crippen molar-refractivity contribution in [2.45, 2.75) is 56.4 Å². The van der Waals surface area contributed by atoms with Crippen LogP contribution in [0.2, 0.25) is 0 Å². The van der Waals surface area contributed by atoms with Gasteiger partial charge < -0.3 is 15.6 Å². The summed E-state index contributed by atoms with van der Waals surface area (Å²) in [6, 6.07) is 9.73. The molecule has 1 saturated heterocycles. The van der Waals surface area contributed by atoms with Crippen molar-refractivity contribution < 1.29 is 4.79 Å². The highest BCUT2D eigenvalue weighted by Gasteiger charge is 2.20. The number of aliphatic imine (C=N–C) groups is 1. The zero-order valence-corrected chi connectivity index (χ0v) is 22.3. The summed E-state index contributed by atoms with van der Waals surface area (Å²) in [6.45, 7) is 8.53. The summed E-state index contributed by atoms with van der Waals surface area (Å²) in [5.74, 6) is 2.11. The van der Waals surface area contributed by atoms with Crippen LogP contribution in [0.5, 0.6) is 0 Å². The lowest BCUT2D eigenvalue weighted by atomic mass is 10.3. The summed E-state index contributed by atoms with van der Waals surface area (Å²) < 4.78 is 1.87. The number of nitrogens with one attached hydrogen (secondary N) is 3. The molecule has 9 nitrogen and oxygen atoms in total. The van der Waals surface area contributed by atoms with Crippen molar-refractivity contribution in [3.63, 3.8) is 0 Å². The number of anilines is 1. The number of carbonyl (C=O) groups excluding carboxylic acids is 1. The van der Waals surface area contributed by atoms with Crippen LogP contribution >= 0.6 is 11.8 Å². The first-order chi connectivity index (χ1) is 17.0. The molecule has 1 aromatic carbocycles. The van der Waals surface area contributed by atoms with Crippen molar-refractivity contribution in [2.24, 2.45) is 23.0 Å². The van der Waals surface area contributed by atoms with Crippen LogP contribution in [0.4, 0.5) is 16.4 Å². The largest absolute Gasteiger partial charge is 0.325 e. The monoisotopic (exact) mass is 498 g/mol. The fraction of sp³-hybridized carbons (Fsp3) is 0.520. The first-order valence-electron chi connectivity index (χ1n) is 12.4. The number of carbonyl (C=O) groups is 1. The number of hydrogen-bond acceptors (Lipinski definition) is 6. The van der Waals surface area contributed by atoms with Crippen LogP contribution in [0.1, 0.15) is 46.5 Å². The summed E-state index contributed by atoms with van der Waals surface area (Å²) in [4.78, 5) is 28.9. The van der Waals surface area contributed by atoms with Crippen molar-refractivity contribution in [3.8, 4) is 0 Å². The van der Waals surface area contributed by atoms with E-state index in [2.05, 4.69) is 26.2 Å². The Labute approximate surface area is 212 Å². The standard InChI is InChI=1S/C23H32N8OS.C2H6/c1-16(29-25-15-17-6-7-17)26-22-28-21(14-20(24-2)30(22)3)33-19-10-8-18(9-11-19)27-23(32)31-12-4-5-13-31;1-2/h8-11,14,17,25H,4-7,12-13,15H2,1-3H3,(H,27,32)(H,26,28,29);1-2H3. The van der Waals surface area contributed by atoms with Crippen LogP contribution < -0.4 is 21.7 Å². The quantitative estimate of drug-likeness (QED) is 0.229. The molecule has 1 aliphatic heterocycles. The SMILES string of the molecule is CC.CN=c1cc(Sc2ccc(NC(=O)N3CCCC3)cc2)nc(/N=C(\C)NNCC2CC2)n1C. The Morgan fingerprint density at radius 3 is 2.49 bits per heavy atom. The third-order valence-corrected chi connectivity index (χ3v) is 6.61. The van der Waals surface area contributed by atoms with E-state index in [0.717, 1.165) is 65.3 Å². The Balaban J connectivity index is 0.00000167. The van der Waals surface area contributed by atoms with Crippen LogP contribution in [-0.4, -0.2) is 53.0 Å². The molecule has 3 N–H and O–H groups in total. The Bertz CT molecular complexity index is 1070. The Kier molecular flexibility index (Phi) is 10.2. The van der Waals surface area contributed by atoms with Gasteiger partial charge in [0.2, 0.25) is 5.95 Å². The van der Waals surface area contributed by atoms with Gasteiger partial charge in [0.1, 0.15) is 16.3 Å². The minimum atomic E-state index is -0.0302. The maximum Gasteiger partial charge on any atom is 0.321 e. The average molecular weight is 499 g/mol. The van der Waals surface area contributed by atoms with E-state index in [1.165, 1.54) is 24.6 Å². The number of urea groups is 1. The Morgan fingerprint density at radius 1 is 1.17 bits per heavy atom. The topological polar surface area (TPSA) is 98.9 Å². The summed E-state index contributed by atoms with van der Waals surface area (Å²) in [5.41, 5.74) is 7.96. The molecule has 2 heterocycles. The molecule has 2 aromatic rings. The Morgan fingerprint density at radius 2 is 1.86 bits per heavy atom. The summed E-state index contributed by atoms with van der Waals surface area (Å²) in [6.07, 6.45) is 4.76. The maximum atomic E-state index is 12.3. The molecule has 1 aromatic heterocycles. The van der Waals surface area contributed by atoms with Gasteiger partial charge in [0, 0.05) is 50.4 Å². The molecule has 1 aliphatic carbocycles. The maximum absolute atomic E-state index is 12.3. The minimum Gasteiger partial charge on any atom is -0.325 e. The number of amides is 2. The predicted octanol–water partition coefficient (Wildman–Crippen LogP) is 4.31. The van der Waals surface area contributed by atoms with Crippen LogP contribution in [0.3, 0.4) is 0 Å². The van der Waals surface area contributed by atoms with E-state index in [1.807, 2.05) is 67.6 Å². The molecule has 0 bridgehead atoms. The van der Waals surface area contributed by atoms with Gasteiger partial charge in [0.05, 0.1) is 0 Å². The lowest BCUT2D eigenvalue weighted by Crippen LogP contribution is -2.37. The molecule has 0 unspecified atom stereocenters. The highest BCUT2D eigenvalue weighted by atomic mass is 32.2. The smallest absolute Gasteiger partial charge is 0.321 e. The molecular weight excluding hydrogens is 460 g/mol. The lowest BCUT2D eigenvalue weighted by molar-refractivity contribution is 0.222. The second-order valence-electron chi connectivity index (χ2n) is 8.43. The summed E-state index contributed by atoms with van der Waals surface area (Å²) in [5, 5.41) is 3.78. The van der Waals surface area contributed by atoms with E-state index < -0.39 is 0 Å². The normalized spacial score (nSPS) is 16.1. The first-order valence-corrected chi connectivity index (χ1v) is 13.2. The van der Waals surface area contributed by atoms with Crippen molar-refractivity contribution in [3.05, 3.63) is 35.8 Å². The summed E-state index contributed by atoms with van der Waals surface area (Å²) in [7, 11) is 3.67. The number of likely N-dealkylation sites (tertiary alicyclic amines) is 1. The van der Waals surface area contributed by atoms with E-state index in [1.54, 1.807) is 7.05 Å². The van der Waals surface area contributed by atoms with Crippen LogP contribution in [0, 0.1) is 5.92 Å². The third kappa shape index (κ3) is 8.10. The molecule has 0 spiro atoms. The molecule has 0 radical (unpaired) electrons. The van der Waals surface area contributed by atoms with Gasteiger partial charge in [-0.05, 0) is 62.8 Å². The zero-order valence-electron chi connectivity index (χ0n) is 21.5. The zero-order chi connectivity index (χ0) is 25.2. The van der Waals surface area contributed by atoms with Crippen molar-refractivity contribution in [1.82, 2.24) is 25.3 Å². The van der Waals surface area contributed by atoms with Gasteiger partial charge in [0.25, 0.3) is 0 Å². The van der Waals surface area contributed by atoms with Crippen LogP contribution in [0.25, 0.3) is 0 Å². The van der Waals surface area contributed by atoms with E-state index in [-0.39, 0.29) is 6.03 Å². The van der Waals surface area contributed by atoms with Gasteiger partial charge in [-0.2, -0.15) is 4.99 Å². The van der Waals surface area contributed by atoms with E-state index in [9.17, 15) is 4.79 Å². The van der Waals surface area contributed by atoms with Gasteiger partial charge in [-0.1, -0.05) is 25.6 Å². The van der Waals surface area contributed by atoms with Crippen LogP contribution in [0.15, 0.2) is 50.2 Å². The minimum absolute atomic E-state index is 0.0302. The summed E-state index contributed by atoms with van der Waals surface area (Å²) >= 11 is 1.54. The second kappa shape index (κ2) is 13.3. The lowest BCUT2D eigenvalue weighted by Gasteiger charge is -2.16. The fourth-order valence-electron chi connectivity index (χ4n) is 3.56. The van der Waals surface area contributed by atoms with E-state index in [0.29, 0.717) is 5.95 Å². The van der Waals surface area contributed by atoms with Gasteiger partial charge in [0.15, 0.2) is 0 Å². The molecule has 10 heteroatoms. The van der Waals surface area contributed by atoms with Crippen molar-refractivity contribution in [1.29, 1.82) is 0 Å². The first kappa shape index (κ1) is 26.7. The number of hydrogen-bond donors (Lipinski definition) is 3. The number of amidine groups is 1. The number of nitrogens with zero attached hydrogens (tertiary/aromatic N) is 5. The molecule has 1 saturated carbocycles. The number of aromatic nitrogens is 2. The molecule has 2 aliphatic rings. The van der Waals surface area contributed by atoms with Crippen molar-refractivity contribution in [2.75, 3.05) is 32.0 Å². The predicted molar refractivity (Wildman–Crippen MR) is 143 cm³/mol. The van der Waals surface area contributed by atoms with E-state index >= 15 is 0 Å². The molecule has 0 atom stereocenters. The third-order valence-electron chi connectivity index (χ3n) is 5.68. The average Bonchev–Trinajstić information content (AvgIpc) is 3.52. The van der Waals surface area contributed by atoms with Gasteiger partial charge in [-0.3, -0.25) is 9.56 Å². The highest BCUT2D eigenvalue weighted by molar-refractivity contribution is 7.99. The molecule has 2 amide bonds. The molecular formula is C25H38N8OS. The number of hydrazine groups is 1. The molecule has 2 fully saturated rings. The fourth-order valence-corrected chi connectivity index (χ4v) is 4.36. The van der Waals surface area contributed by atoms with Gasteiger partial charge in [-0.25, -0.2) is 15.2 Å². The van der Waals surface area contributed by atoms with Gasteiger partial charge >= 0.3 is 6.03 Å². The van der Waals surface area contributed by atoms with E-state index in [4.69, 9.17) is 4.98 Å². The Hall–Kier alpha value is -2.85. The highest BCUT2D eigenvalue weighted by Crippen LogP contribution is 2.28. The molecule has 4 rings (SSSR count). The number of benzene rings is 1. The second-order valence-corrected chi connectivity index (χ2v) is 9.53. The van der Waals surface area contributed by atoms with Crippen molar-refractivity contribution >= 4 is 35.3 Å². The number of rotatable bonds is 7.